The van der Waals surface area contributed by atoms with Crippen LogP contribution in [-0.4, -0.2) is 49.4 Å². The van der Waals surface area contributed by atoms with Crippen LogP contribution in [0.15, 0.2) is 24.5 Å². The predicted molar refractivity (Wildman–Crippen MR) is 96.7 cm³/mol. The molecule has 134 valence electrons. The number of carbonyl (C=O) groups is 1. The van der Waals surface area contributed by atoms with E-state index in [4.69, 9.17) is 17.0 Å². The fourth-order valence-electron chi connectivity index (χ4n) is 2.98. The number of hydrogen-bond acceptors (Lipinski definition) is 5. The lowest BCUT2D eigenvalue weighted by Gasteiger charge is -2.34. The van der Waals surface area contributed by atoms with Crippen molar-refractivity contribution in [1.29, 1.82) is 0 Å². The van der Waals surface area contributed by atoms with Gasteiger partial charge in [-0.2, -0.15) is 5.10 Å². The first kappa shape index (κ1) is 17.6. The van der Waals surface area contributed by atoms with Crippen molar-refractivity contribution < 1.29 is 9.53 Å². The maximum Gasteiger partial charge on any atom is 0.410 e. The maximum absolute atomic E-state index is 12.2. The molecule has 0 saturated carbocycles. The van der Waals surface area contributed by atoms with E-state index in [0.29, 0.717) is 17.9 Å². The lowest BCUT2D eigenvalue weighted by atomic mass is 10.0. The molecule has 2 aromatic heterocycles. The van der Waals surface area contributed by atoms with E-state index in [2.05, 4.69) is 15.2 Å². The van der Waals surface area contributed by atoms with Crippen molar-refractivity contribution in [1.82, 2.24) is 24.6 Å². The highest BCUT2D eigenvalue weighted by Crippen LogP contribution is 2.28. The Morgan fingerprint density at radius 2 is 2.08 bits per heavy atom. The molecule has 0 aromatic carbocycles. The van der Waals surface area contributed by atoms with Gasteiger partial charge in [-0.15, -0.1) is 0 Å². The molecular weight excluding hydrogens is 338 g/mol. The van der Waals surface area contributed by atoms with E-state index in [1.807, 2.05) is 37.5 Å². The Bertz CT molecular complexity index is 785. The lowest BCUT2D eigenvalue weighted by molar-refractivity contribution is 0.0188. The number of H-pyrrole nitrogens is 1. The molecule has 0 aliphatic carbocycles. The summed E-state index contributed by atoms with van der Waals surface area (Å²) in [5.74, 6) is 0.786. The van der Waals surface area contributed by atoms with Crippen molar-refractivity contribution >= 4 is 18.3 Å². The Balaban J connectivity index is 1.73. The van der Waals surface area contributed by atoms with Gasteiger partial charge in [-0.05, 0) is 58.0 Å². The molecule has 0 bridgehead atoms. The molecule has 1 fully saturated rings. The third-order valence-corrected chi connectivity index (χ3v) is 4.39. The predicted octanol–water partition coefficient (Wildman–Crippen LogP) is 3.57. The average Bonchev–Trinajstić information content (AvgIpc) is 2.96. The first-order chi connectivity index (χ1) is 11.8. The Hall–Kier alpha value is -2.22. The molecule has 8 heteroatoms. The number of ether oxygens (including phenoxy) is 1. The number of carbonyl (C=O) groups excluding carboxylic acids is 1. The summed E-state index contributed by atoms with van der Waals surface area (Å²) in [7, 11) is 0. The number of hydrogen-bond donors (Lipinski definition) is 1. The van der Waals surface area contributed by atoms with Gasteiger partial charge in [-0.1, -0.05) is 0 Å². The quantitative estimate of drug-likeness (QED) is 0.828. The lowest BCUT2D eigenvalue weighted by Crippen LogP contribution is -2.42. The standard InChI is InChI=1S/C17H23N5O2S/c1-17(2,3)24-16(23)21-9-6-13(7-10-21)22-14(19-20-15(22)25)12-5-4-8-18-11-12/h4-5,8,11,13H,6-7,9-10H2,1-3H3,(H,20,25). The summed E-state index contributed by atoms with van der Waals surface area (Å²) in [6.45, 7) is 6.91. The van der Waals surface area contributed by atoms with Crippen LogP contribution >= 0.6 is 12.2 Å². The van der Waals surface area contributed by atoms with Crippen LogP contribution < -0.4 is 0 Å². The number of rotatable bonds is 2. The topological polar surface area (TPSA) is 76.0 Å². The van der Waals surface area contributed by atoms with Gasteiger partial charge in [-0.3, -0.25) is 14.6 Å². The number of nitrogens with one attached hydrogen (secondary N) is 1. The molecule has 1 saturated heterocycles. The first-order valence-electron chi connectivity index (χ1n) is 8.40. The van der Waals surface area contributed by atoms with Gasteiger partial charge in [0.15, 0.2) is 10.6 Å². The van der Waals surface area contributed by atoms with Gasteiger partial charge in [0.1, 0.15) is 5.60 Å². The van der Waals surface area contributed by atoms with Crippen LogP contribution in [0, 0.1) is 4.77 Å². The van der Waals surface area contributed by atoms with E-state index in [-0.39, 0.29) is 12.1 Å². The van der Waals surface area contributed by atoms with Crippen molar-refractivity contribution in [2.24, 2.45) is 0 Å². The molecule has 0 spiro atoms. The van der Waals surface area contributed by atoms with Crippen LogP contribution in [0.3, 0.4) is 0 Å². The molecule has 1 N–H and O–H groups in total. The van der Waals surface area contributed by atoms with E-state index < -0.39 is 5.60 Å². The zero-order chi connectivity index (χ0) is 18.0. The van der Waals surface area contributed by atoms with Crippen molar-refractivity contribution in [2.45, 2.75) is 45.3 Å². The Labute approximate surface area is 152 Å². The van der Waals surface area contributed by atoms with Gasteiger partial charge in [0.25, 0.3) is 0 Å². The minimum Gasteiger partial charge on any atom is -0.444 e. The molecule has 0 radical (unpaired) electrons. The van der Waals surface area contributed by atoms with Crippen molar-refractivity contribution in [3.05, 3.63) is 29.3 Å². The molecule has 0 atom stereocenters. The van der Waals surface area contributed by atoms with Crippen LogP contribution in [0.4, 0.5) is 4.79 Å². The number of nitrogens with zero attached hydrogens (tertiary/aromatic N) is 4. The maximum atomic E-state index is 12.2. The fraction of sp³-hybridized carbons (Fsp3) is 0.529. The molecule has 1 aliphatic heterocycles. The van der Waals surface area contributed by atoms with Gasteiger partial charge < -0.3 is 9.64 Å². The number of aromatic nitrogens is 4. The molecule has 25 heavy (non-hydrogen) atoms. The number of piperidine rings is 1. The Kier molecular flexibility index (Phi) is 4.89. The summed E-state index contributed by atoms with van der Waals surface area (Å²) in [6, 6.07) is 4.03. The molecule has 1 amide bonds. The highest BCUT2D eigenvalue weighted by Gasteiger charge is 2.29. The molecule has 3 heterocycles. The number of likely N-dealkylation sites (tertiary alicyclic amines) is 1. The summed E-state index contributed by atoms with van der Waals surface area (Å²) in [4.78, 5) is 18.1. The van der Waals surface area contributed by atoms with E-state index in [1.165, 1.54) is 0 Å². The van der Waals surface area contributed by atoms with Gasteiger partial charge in [-0.25, -0.2) is 4.79 Å². The van der Waals surface area contributed by atoms with Crippen LogP contribution in [0.25, 0.3) is 11.4 Å². The molecule has 1 aliphatic rings. The minimum atomic E-state index is -0.478. The molecule has 2 aromatic rings. The molecule has 0 unspecified atom stereocenters. The summed E-state index contributed by atoms with van der Waals surface area (Å²) in [6.07, 6.45) is 4.86. The largest absolute Gasteiger partial charge is 0.444 e. The Morgan fingerprint density at radius 3 is 2.68 bits per heavy atom. The van der Waals surface area contributed by atoms with Crippen LogP contribution in [0.2, 0.25) is 0 Å². The SMILES string of the molecule is CC(C)(C)OC(=O)N1CCC(n2c(-c3cccnc3)n[nH]c2=S)CC1. The Morgan fingerprint density at radius 1 is 1.36 bits per heavy atom. The van der Waals surface area contributed by atoms with E-state index in [9.17, 15) is 4.79 Å². The number of amides is 1. The second-order valence-corrected chi connectivity index (χ2v) is 7.55. The fourth-order valence-corrected chi connectivity index (χ4v) is 3.26. The summed E-state index contributed by atoms with van der Waals surface area (Å²) < 4.78 is 8.09. The highest BCUT2D eigenvalue weighted by molar-refractivity contribution is 7.71. The number of aromatic amines is 1. The summed E-state index contributed by atoms with van der Waals surface area (Å²) in [5, 5.41) is 7.25. The van der Waals surface area contributed by atoms with Gasteiger partial charge in [0.2, 0.25) is 0 Å². The normalized spacial score (nSPS) is 16.0. The van der Waals surface area contributed by atoms with Crippen molar-refractivity contribution in [2.75, 3.05) is 13.1 Å². The molecule has 3 rings (SSSR count). The third kappa shape index (κ3) is 4.07. The van der Waals surface area contributed by atoms with Gasteiger partial charge in [0, 0.05) is 37.1 Å². The van der Waals surface area contributed by atoms with Crippen molar-refractivity contribution in [3.8, 4) is 11.4 Å². The zero-order valence-corrected chi connectivity index (χ0v) is 15.5. The van der Waals surface area contributed by atoms with Crippen molar-refractivity contribution in [3.63, 3.8) is 0 Å². The van der Waals surface area contributed by atoms with Gasteiger partial charge >= 0.3 is 6.09 Å². The van der Waals surface area contributed by atoms with E-state index in [1.54, 1.807) is 17.3 Å². The van der Waals surface area contributed by atoms with E-state index >= 15 is 0 Å². The molecule has 7 nitrogen and oxygen atoms in total. The van der Waals surface area contributed by atoms with Gasteiger partial charge in [0.05, 0.1) is 0 Å². The molecular formula is C17H23N5O2S. The summed E-state index contributed by atoms with van der Waals surface area (Å²) >= 11 is 5.43. The smallest absolute Gasteiger partial charge is 0.410 e. The van der Waals surface area contributed by atoms with E-state index in [0.717, 1.165) is 24.2 Å². The minimum absolute atomic E-state index is 0.195. The average molecular weight is 361 g/mol. The second kappa shape index (κ2) is 6.95. The van der Waals surface area contributed by atoms with Crippen LogP contribution in [-0.2, 0) is 4.74 Å². The van der Waals surface area contributed by atoms with Crippen LogP contribution in [0.5, 0.6) is 0 Å². The number of pyridine rings is 1. The first-order valence-corrected chi connectivity index (χ1v) is 8.81. The van der Waals surface area contributed by atoms with Crippen LogP contribution in [0.1, 0.15) is 39.7 Å². The summed E-state index contributed by atoms with van der Waals surface area (Å²) in [5.41, 5.74) is 0.443. The highest BCUT2D eigenvalue weighted by atomic mass is 32.1. The second-order valence-electron chi connectivity index (χ2n) is 7.16. The third-order valence-electron chi connectivity index (χ3n) is 4.11. The zero-order valence-electron chi connectivity index (χ0n) is 14.7. The monoisotopic (exact) mass is 361 g/mol.